The third kappa shape index (κ3) is 1.98. The van der Waals surface area contributed by atoms with E-state index in [9.17, 15) is 9.90 Å². The highest BCUT2D eigenvalue weighted by molar-refractivity contribution is 6.02. The van der Waals surface area contributed by atoms with E-state index in [-0.39, 0.29) is 17.9 Å². The fourth-order valence-corrected chi connectivity index (χ4v) is 2.56. The molecule has 106 valence electrons. The van der Waals surface area contributed by atoms with Gasteiger partial charge in [-0.05, 0) is 12.1 Å². The number of nitrogens with zero attached hydrogens (tertiary/aromatic N) is 2. The molecule has 2 aromatic rings. The van der Waals surface area contributed by atoms with Crippen molar-refractivity contribution < 1.29 is 19.4 Å². The van der Waals surface area contributed by atoms with E-state index in [0.717, 1.165) is 16.6 Å². The first-order valence-corrected chi connectivity index (χ1v) is 6.35. The number of rotatable bonds is 3. The van der Waals surface area contributed by atoms with Gasteiger partial charge < -0.3 is 19.1 Å². The number of phenols is 1. The number of ether oxygens (including phenoxy) is 2. The van der Waals surface area contributed by atoms with Gasteiger partial charge in [0.15, 0.2) is 0 Å². The van der Waals surface area contributed by atoms with Crippen molar-refractivity contribution in [3.05, 3.63) is 24.4 Å². The number of benzene rings is 1. The van der Waals surface area contributed by atoms with E-state index >= 15 is 0 Å². The van der Waals surface area contributed by atoms with Crippen LogP contribution in [0.3, 0.4) is 0 Å². The number of anilines is 1. The van der Waals surface area contributed by atoms with E-state index in [1.165, 1.54) is 0 Å². The van der Waals surface area contributed by atoms with Crippen LogP contribution < -0.4 is 4.90 Å². The van der Waals surface area contributed by atoms with Gasteiger partial charge in [-0.15, -0.1) is 0 Å². The van der Waals surface area contributed by atoms with Crippen LogP contribution in [-0.4, -0.2) is 42.1 Å². The first-order chi connectivity index (χ1) is 9.60. The maximum Gasteiger partial charge on any atom is 0.414 e. The normalized spacial score (nSPS) is 18.8. The van der Waals surface area contributed by atoms with Gasteiger partial charge in [0.25, 0.3) is 0 Å². The molecule has 1 atom stereocenters. The highest BCUT2D eigenvalue weighted by atomic mass is 16.6. The highest BCUT2D eigenvalue weighted by Gasteiger charge is 2.33. The van der Waals surface area contributed by atoms with Gasteiger partial charge >= 0.3 is 6.09 Å². The second kappa shape index (κ2) is 4.72. The van der Waals surface area contributed by atoms with Gasteiger partial charge in [-0.2, -0.15) is 0 Å². The molecule has 0 aliphatic carbocycles. The second-order valence-corrected chi connectivity index (χ2v) is 4.90. The Kier molecular flexibility index (Phi) is 3.02. The molecule has 1 saturated heterocycles. The third-order valence-electron chi connectivity index (χ3n) is 3.47. The van der Waals surface area contributed by atoms with Crippen molar-refractivity contribution in [1.82, 2.24) is 4.57 Å². The Morgan fingerprint density at radius 1 is 1.50 bits per heavy atom. The fraction of sp³-hybridized carbons (Fsp3) is 0.357. The van der Waals surface area contributed by atoms with Gasteiger partial charge in [-0.1, -0.05) is 0 Å². The summed E-state index contributed by atoms with van der Waals surface area (Å²) in [6, 6.07) is 5.09. The topological polar surface area (TPSA) is 63.9 Å². The number of fused-ring (bicyclic) bond motifs is 1. The zero-order valence-corrected chi connectivity index (χ0v) is 11.4. The molecule has 1 amide bonds. The lowest BCUT2D eigenvalue weighted by Crippen LogP contribution is -2.25. The van der Waals surface area contributed by atoms with E-state index in [2.05, 4.69) is 0 Å². The molecule has 1 aliphatic heterocycles. The summed E-state index contributed by atoms with van der Waals surface area (Å²) in [5, 5.41) is 10.5. The summed E-state index contributed by atoms with van der Waals surface area (Å²) in [6.45, 7) is 0.848. The number of aryl methyl sites for hydroxylation is 1. The molecule has 20 heavy (non-hydrogen) atoms. The molecule has 0 unspecified atom stereocenters. The molecule has 3 rings (SSSR count). The van der Waals surface area contributed by atoms with Crippen molar-refractivity contribution >= 4 is 22.7 Å². The molecule has 1 aromatic carbocycles. The zero-order valence-electron chi connectivity index (χ0n) is 11.4. The summed E-state index contributed by atoms with van der Waals surface area (Å²) in [7, 11) is 3.45. The Labute approximate surface area is 116 Å². The number of phenolic OH excluding ortho intramolecular Hbond substituents is 1. The molecule has 0 radical (unpaired) electrons. The summed E-state index contributed by atoms with van der Waals surface area (Å²) in [4.78, 5) is 13.6. The minimum Gasteiger partial charge on any atom is -0.508 e. The van der Waals surface area contributed by atoms with Crippen LogP contribution in [0.2, 0.25) is 0 Å². The minimum absolute atomic E-state index is 0.200. The number of aromatic hydroxyl groups is 1. The largest absolute Gasteiger partial charge is 0.508 e. The first kappa shape index (κ1) is 12.8. The number of carbonyl (C=O) groups excluding carboxylic acids is 1. The number of aromatic nitrogens is 1. The molecule has 0 bridgehead atoms. The predicted octanol–water partition coefficient (Wildman–Crippen LogP) is 1.86. The predicted molar refractivity (Wildman–Crippen MR) is 74.1 cm³/mol. The van der Waals surface area contributed by atoms with E-state index in [0.29, 0.717) is 13.2 Å². The third-order valence-corrected chi connectivity index (χ3v) is 3.47. The van der Waals surface area contributed by atoms with Crippen molar-refractivity contribution in [3.63, 3.8) is 0 Å². The first-order valence-electron chi connectivity index (χ1n) is 6.35. The molecule has 1 N–H and O–H groups in total. The maximum atomic E-state index is 12.0. The lowest BCUT2D eigenvalue weighted by atomic mass is 10.2. The Balaban J connectivity index is 2.00. The highest BCUT2D eigenvalue weighted by Crippen LogP contribution is 2.33. The van der Waals surface area contributed by atoms with Crippen LogP contribution in [0.25, 0.3) is 10.9 Å². The zero-order chi connectivity index (χ0) is 14.3. The molecule has 6 nitrogen and oxygen atoms in total. The van der Waals surface area contributed by atoms with E-state index in [1.54, 1.807) is 30.2 Å². The lowest BCUT2D eigenvalue weighted by Gasteiger charge is -2.11. The second-order valence-electron chi connectivity index (χ2n) is 4.90. The van der Waals surface area contributed by atoms with E-state index < -0.39 is 0 Å². The van der Waals surface area contributed by atoms with Crippen molar-refractivity contribution in [3.8, 4) is 5.75 Å². The molecule has 1 aliphatic rings. The molecule has 6 heteroatoms. The Morgan fingerprint density at radius 2 is 2.30 bits per heavy atom. The van der Waals surface area contributed by atoms with Crippen molar-refractivity contribution in [2.24, 2.45) is 7.05 Å². The Hall–Kier alpha value is -2.21. The number of methoxy groups -OCH3 is 1. The summed E-state index contributed by atoms with van der Waals surface area (Å²) < 4.78 is 12.2. The number of hydrogen-bond acceptors (Lipinski definition) is 4. The van der Waals surface area contributed by atoms with Crippen molar-refractivity contribution in [2.45, 2.75) is 6.10 Å². The smallest absolute Gasteiger partial charge is 0.414 e. The van der Waals surface area contributed by atoms with Gasteiger partial charge in [0.1, 0.15) is 11.9 Å². The molecule has 0 saturated carbocycles. The number of cyclic esters (lactones) is 1. The molecule has 2 heterocycles. The minimum atomic E-state index is -0.368. The lowest BCUT2D eigenvalue weighted by molar-refractivity contribution is 0.0718. The van der Waals surface area contributed by atoms with Gasteiger partial charge in [0.2, 0.25) is 0 Å². The summed E-state index contributed by atoms with van der Waals surface area (Å²) in [5.74, 6) is 0.200. The quantitative estimate of drug-likeness (QED) is 0.929. The van der Waals surface area contributed by atoms with Crippen LogP contribution in [0.5, 0.6) is 5.75 Å². The maximum absolute atomic E-state index is 12.0. The van der Waals surface area contributed by atoms with Crippen LogP contribution in [0.15, 0.2) is 24.4 Å². The van der Waals surface area contributed by atoms with Crippen LogP contribution in [0, 0.1) is 0 Å². The number of hydrogen-bond donors (Lipinski definition) is 1. The van der Waals surface area contributed by atoms with Gasteiger partial charge in [-0.3, -0.25) is 4.90 Å². The average Bonchev–Trinajstić information content (AvgIpc) is 2.91. The Bertz CT molecular complexity index is 664. The molecule has 1 aromatic heterocycles. The Morgan fingerprint density at radius 3 is 3.05 bits per heavy atom. The molecular weight excluding hydrogens is 260 g/mol. The number of amides is 1. The number of carbonyl (C=O) groups is 1. The summed E-state index contributed by atoms with van der Waals surface area (Å²) >= 11 is 0. The van der Waals surface area contributed by atoms with E-state index in [1.807, 2.05) is 17.8 Å². The van der Waals surface area contributed by atoms with Crippen molar-refractivity contribution in [1.29, 1.82) is 0 Å². The monoisotopic (exact) mass is 276 g/mol. The molecular formula is C14H16N2O4. The SMILES string of the molecule is COC[C@@H]1CN(c2cn(C)c3cc(O)ccc23)C(=O)O1. The van der Waals surface area contributed by atoms with Crippen LogP contribution in [0.1, 0.15) is 0 Å². The van der Waals surface area contributed by atoms with Crippen LogP contribution >= 0.6 is 0 Å². The van der Waals surface area contributed by atoms with Gasteiger partial charge in [0.05, 0.1) is 24.4 Å². The summed E-state index contributed by atoms with van der Waals surface area (Å²) in [5.41, 5.74) is 1.65. The molecule has 0 spiro atoms. The van der Waals surface area contributed by atoms with Crippen molar-refractivity contribution in [2.75, 3.05) is 25.2 Å². The van der Waals surface area contributed by atoms with Gasteiger partial charge in [0, 0.05) is 31.8 Å². The standard InChI is InChI=1S/C14H16N2O4/c1-15-7-13(11-4-3-9(17)5-12(11)15)16-6-10(8-19-2)20-14(16)18/h3-5,7,10,17H,6,8H2,1-2H3/t10-/m0/s1. The van der Waals surface area contributed by atoms with Gasteiger partial charge in [-0.25, -0.2) is 4.79 Å². The van der Waals surface area contributed by atoms with E-state index in [4.69, 9.17) is 9.47 Å². The molecule has 1 fully saturated rings. The summed E-state index contributed by atoms with van der Waals surface area (Å²) in [6.07, 6.45) is 1.24. The van der Waals surface area contributed by atoms with Crippen LogP contribution in [-0.2, 0) is 16.5 Å². The fourth-order valence-electron chi connectivity index (χ4n) is 2.56. The van der Waals surface area contributed by atoms with Crippen LogP contribution in [0.4, 0.5) is 10.5 Å². The average molecular weight is 276 g/mol.